The normalized spacial score (nSPS) is 38.8. The zero-order valence-corrected chi connectivity index (χ0v) is 42.5. The lowest BCUT2D eigenvalue weighted by Crippen LogP contribution is -2.61. The van der Waals surface area contributed by atoms with E-state index < -0.39 is 77.8 Å². The van der Waals surface area contributed by atoms with Crippen molar-refractivity contribution < 1.29 is 57.9 Å². The monoisotopic (exact) mass is 966 g/mol. The summed E-state index contributed by atoms with van der Waals surface area (Å²) >= 11 is 0. The van der Waals surface area contributed by atoms with Crippen LogP contribution in [0.3, 0.4) is 0 Å². The Morgan fingerprint density at radius 2 is 1.64 bits per heavy atom. The minimum Gasteiger partial charge on any atom is -0.460 e. The highest BCUT2D eigenvalue weighted by Crippen LogP contribution is 2.39. The molecule has 2 bridgehead atoms. The standard InChI is InChI=1S/C52H79N5O12/c1-31-16-12-11-13-17-32(2)43(65-8)28-39-21-19-37(7)52(64,69-39)49(61)50(62)56-23-15-14-18-41(56)51(63)68-44(34(4)26-38-20-22-40(45(27-38)66-9)57-30-53-54-55-57)29-42(58)33(3)25-36(6)47(60)48(67-10)46(59)35(5)24-31/h11-13,16-17,25,30-31,33-35,37-41,43-45,47-48,60,64H,14-15,18-24,26-29H2,1-10H3/b13-11+,16-12+,32-17+,36-25+/t31-,33-,34-,35?,37-,38+,39+,40+,41+,43+,44+,45-,47-,48?,52-/m1/s1. The number of hydrogen-bond acceptors (Lipinski definition) is 15. The van der Waals surface area contributed by atoms with Crippen LogP contribution in [0, 0.1) is 35.5 Å². The van der Waals surface area contributed by atoms with Crippen molar-refractivity contribution in [3.63, 3.8) is 0 Å². The van der Waals surface area contributed by atoms with Gasteiger partial charge in [0.25, 0.3) is 11.7 Å². The molecule has 0 radical (unpaired) electrons. The number of hydrogen-bond donors (Lipinski definition) is 2. The first-order valence-electron chi connectivity index (χ1n) is 25.0. The molecule has 3 aliphatic heterocycles. The molecule has 4 aliphatic rings. The fraction of sp³-hybridized carbons (Fsp3) is 0.731. The first-order chi connectivity index (χ1) is 32.8. The van der Waals surface area contributed by atoms with Gasteiger partial charge in [-0.1, -0.05) is 71.1 Å². The lowest BCUT2D eigenvalue weighted by Gasteiger charge is -2.42. The number of ketones is 3. The predicted molar refractivity (Wildman–Crippen MR) is 256 cm³/mol. The number of esters is 1. The third kappa shape index (κ3) is 14.2. The van der Waals surface area contributed by atoms with Gasteiger partial charge in [0.2, 0.25) is 5.79 Å². The molecule has 2 unspecified atom stereocenters. The van der Waals surface area contributed by atoms with Crippen LogP contribution in [-0.4, -0.2) is 141 Å². The van der Waals surface area contributed by atoms with Crippen molar-refractivity contribution in [2.75, 3.05) is 27.9 Å². The van der Waals surface area contributed by atoms with Gasteiger partial charge in [-0.05, 0) is 117 Å². The van der Waals surface area contributed by atoms with Crippen LogP contribution in [0.15, 0.2) is 53.9 Å². The molecule has 1 aromatic heterocycles. The van der Waals surface area contributed by atoms with E-state index in [1.54, 1.807) is 52.1 Å². The fourth-order valence-corrected chi connectivity index (χ4v) is 10.7. The number of carbonyl (C=O) groups is 5. The largest absolute Gasteiger partial charge is 0.460 e. The minimum absolute atomic E-state index is 0.0170. The average molecular weight is 966 g/mol. The number of methoxy groups -OCH3 is 3. The van der Waals surface area contributed by atoms with Crippen LogP contribution in [0.4, 0.5) is 0 Å². The van der Waals surface area contributed by atoms with Crippen molar-refractivity contribution in [3.8, 4) is 0 Å². The van der Waals surface area contributed by atoms with E-state index in [-0.39, 0.29) is 60.9 Å². The first-order valence-corrected chi connectivity index (χ1v) is 25.0. The number of aliphatic hydroxyl groups excluding tert-OH is 1. The number of cyclic esters (lactones) is 1. The Balaban J connectivity index is 1.46. The van der Waals surface area contributed by atoms with Crippen molar-refractivity contribution in [2.45, 2.75) is 180 Å². The number of Topliss-reactive ketones (excluding diaryl/α,β-unsaturated/α-hetero) is 3. The number of allylic oxidation sites excluding steroid dienone is 6. The Morgan fingerprint density at radius 3 is 2.32 bits per heavy atom. The van der Waals surface area contributed by atoms with Crippen LogP contribution in [0.1, 0.15) is 132 Å². The first kappa shape index (κ1) is 55.7. The highest BCUT2D eigenvalue weighted by molar-refractivity contribution is 6.39. The highest BCUT2D eigenvalue weighted by Gasteiger charge is 2.53. The number of aliphatic hydroxyl groups is 2. The Bertz CT molecular complexity index is 2020. The summed E-state index contributed by atoms with van der Waals surface area (Å²) in [4.78, 5) is 72.3. The summed E-state index contributed by atoms with van der Waals surface area (Å²) in [7, 11) is 4.62. The SMILES string of the molecule is COC1C(=O)C(C)C[C@H](C)/C=C/C=C/C=C(\C)[C@@H](OC)C[C@@H]2CC[C@@H](C)[C@@](O)(O2)C(=O)C(=O)N2CCCC[C@H]2C(=O)O[C@H]([C@H](C)C[C@@H]2CC[C@H](n3cnnn3)[C@H](OC)C2)CC(=O)[C@H](C)/C=C(\C)[C@H]1O. The highest BCUT2D eigenvalue weighted by atomic mass is 16.6. The molecule has 17 heteroatoms. The zero-order valence-electron chi connectivity index (χ0n) is 42.5. The van der Waals surface area contributed by atoms with Gasteiger partial charge in [0.15, 0.2) is 5.78 Å². The van der Waals surface area contributed by atoms with Crippen molar-refractivity contribution in [3.05, 3.63) is 53.9 Å². The number of nitrogens with zero attached hydrogens (tertiary/aromatic N) is 5. The van der Waals surface area contributed by atoms with E-state index in [0.29, 0.717) is 56.9 Å². The molecule has 0 aromatic carbocycles. The Hall–Kier alpha value is -4.26. The van der Waals surface area contributed by atoms with Gasteiger partial charge in [0, 0.05) is 58.5 Å². The van der Waals surface area contributed by atoms with Crippen LogP contribution in [0.5, 0.6) is 0 Å². The molecule has 2 saturated heterocycles. The summed E-state index contributed by atoms with van der Waals surface area (Å²) in [5.74, 6) is -7.92. The van der Waals surface area contributed by atoms with E-state index in [1.807, 2.05) is 58.1 Å². The summed E-state index contributed by atoms with van der Waals surface area (Å²) in [6, 6.07) is -1.19. The molecule has 4 heterocycles. The predicted octanol–water partition coefficient (Wildman–Crippen LogP) is 6.05. The van der Waals surface area contributed by atoms with Crippen molar-refractivity contribution in [1.29, 1.82) is 0 Å². The Kier molecular flexibility index (Phi) is 20.8. The number of tetrazole rings is 1. The maximum atomic E-state index is 14.5. The van der Waals surface area contributed by atoms with Gasteiger partial charge >= 0.3 is 5.97 Å². The van der Waals surface area contributed by atoms with E-state index >= 15 is 0 Å². The van der Waals surface area contributed by atoms with E-state index in [0.717, 1.165) is 18.4 Å². The van der Waals surface area contributed by atoms with Gasteiger partial charge in [-0.2, -0.15) is 0 Å². The molecule has 69 heavy (non-hydrogen) atoms. The summed E-state index contributed by atoms with van der Waals surface area (Å²) in [5.41, 5.74) is 1.27. The van der Waals surface area contributed by atoms with E-state index in [2.05, 4.69) is 15.5 Å². The number of piperidine rings is 1. The number of ether oxygens (including phenoxy) is 5. The maximum absolute atomic E-state index is 14.5. The van der Waals surface area contributed by atoms with Crippen molar-refractivity contribution in [2.24, 2.45) is 35.5 Å². The van der Waals surface area contributed by atoms with Gasteiger partial charge in [-0.25, -0.2) is 9.48 Å². The molecular weight excluding hydrogens is 887 g/mol. The number of aromatic nitrogens is 4. The summed E-state index contributed by atoms with van der Waals surface area (Å²) < 4.78 is 31.6. The van der Waals surface area contributed by atoms with E-state index in [1.165, 1.54) is 12.0 Å². The molecule has 1 saturated carbocycles. The van der Waals surface area contributed by atoms with E-state index in [4.69, 9.17) is 23.7 Å². The van der Waals surface area contributed by atoms with Gasteiger partial charge in [0.05, 0.1) is 24.4 Å². The minimum atomic E-state index is -2.43. The molecule has 17 nitrogen and oxygen atoms in total. The molecule has 384 valence electrons. The topological polar surface area (TPSA) is 219 Å². The Labute approximate surface area is 408 Å². The lowest BCUT2D eigenvalue weighted by molar-refractivity contribution is -0.265. The van der Waals surface area contributed by atoms with Gasteiger partial charge in [0.1, 0.15) is 36.5 Å². The van der Waals surface area contributed by atoms with Gasteiger partial charge < -0.3 is 38.8 Å². The van der Waals surface area contributed by atoms with Crippen molar-refractivity contribution >= 4 is 29.2 Å². The van der Waals surface area contributed by atoms with Gasteiger partial charge in [-0.3, -0.25) is 19.2 Å². The quantitative estimate of drug-likeness (QED) is 0.181. The average Bonchev–Trinajstić information content (AvgIpc) is 3.88. The molecule has 1 aliphatic carbocycles. The third-order valence-electron chi connectivity index (χ3n) is 15.2. The van der Waals surface area contributed by atoms with Crippen LogP contribution in [-0.2, 0) is 47.7 Å². The molecule has 1 amide bonds. The lowest BCUT2D eigenvalue weighted by atomic mass is 9.77. The molecule has 15 atom stereocenters. The maximum Gasteiger partial charge on any atom is 0.329 e. The third-order valence-corrected chi connectivity index (χ3v) is 15.2. The summed E-state index contributed by atoms with van der Waals surface area (Å²) in [5, 5.41) is 35.2. The number of rotatable bonds is 7. The molecular formula is C52H79N5O12. The molecule has 0 spiro atoms. The molecule has 3 fully saturated rings. The fourth-order valence-electron chi connectivity index (χ4n) is 10.7. The molecule has 1 aromatic rings. The smallest absolute Gasteiger partial charge is 0.329 e. The second kappa shape index (κ2) is 25.7. The summed E-state index contributed by atoms with van der Waals surface area (Å²) in [6.45, 7) is 12.8. The Morgan fingerprint density at radius 1 is 0.884 bits per heavy atom. The van der Waals surface area contributed by atoms with E-state index in [9.17, 15) is 34.2 Å². The van der Waals surface area contributed by atoms with Crippen LogP contribution in [0.2, 0.25) is 0 Å². The second-order valence-electron chi connectivity index (χ2n) is 20.4. The van der Waals surface area contributed by atoms with Crippen molar-refractivity contribution in [1.82, 2.24) is 25.1 Å². The van der Waals surface area contributed by atoms with Crippen LogP contribution < -0.4 is 0 Å². The number of carbonyl (C=O) groups excluding carboxylic acids is 5. The second-order valence-corrected chi connectivity index (χ2v) is 20.4. The molecule has 5 rings (SSSR count). The van der Waals surface area contributed by atoms with Crippen LogP contribution >= 0.6 is 0 Å². The zero-order chi connectivity index (χ0) is 50.6. The van der Waals surface area contributed by atoms with Gasteiger partial charge in [-0.15, -0.1) is 5.10 Å². The molecule has 2 N–H and O–H groups in total. The number of fused-ring (bicyclic) bond motifs is 3. The summed E-state index contributed by atoms with van der Waals surface area (Å²) in [6.07, 6.45) is 13.9. The number of amides is 1. The van der Waals surface area contributed by atoms with Crippen LogP contribution in [0.25, 0.3) is 0 Å².